The van der Waals surface area contributed by atoms with Crippen LogP contribution in [0, 0.1) is 12.7 Å². The van der Waals surface area contributed by atoms with E-state index in [9.17, 15) is 4.39 Å². The van der Waals surface area contributed by atoms with Crippen LogP contribution in [0.2, 0.25) is 0 Å². The van der Waals surface area contributed by atoms with Gasteiger partial charge in [-0.15, -0.1) is 12.4 Å². The van der Waals surface area contributed by atoms with Gasteiger partial charge in [0.2, 0.25) is 0 Å². The number of nitrogens with one attached hydrogen (secondary N) is 1. The molecule has 26 heavy (non-hydrogen) atoms. The van der Waals surface area contributed by atoms with Gasteiger partial charge >= 0.3 is 0 Å². The first-order chi connectivity index (χ1) is 12.2. The summed E-state index contributed by atoms with van der Waals surface area (Å²) in [7, 11) is 0. The van der Waals surface area contributed by atoms with Gasteiger partial charge in [-0.1, -0.05) is 0 Å². The van der Waals surface area contributed by atoms with Crippen LogP contribution >= 0.6 is 12.4 Å². The van der Waals surface area contributed by atoms with E-state index >= 15 is 0 Å². The molecule has 0 spiro atoms. The van der Waals surface area contributed by atoms with Crippen molar-refractivity contribution in [1.29, 1.82) is 0 Å². The van der Waals surface area contributed by atoms with E-state index in [1.165, 1.54) is 25.3 Å². The summed E-state index contributed by atoms with van der Waals surface area (Å²) in [6.07, 6.45) is 5.78. The molecule has 0 radical (unpaired) electrons. The van der Waals surface area contributed by atoms with Gasteiger partial charge < -0.3 is 14.8 Å². The molecule has 6 heteroatoms. The molecule has 1 aromatic carbocycles. The average molecular weight is 379 g/mol. The molecule has 1 N–H and O–H groups in total. The summed E-state index contributed by atoms with van der Waals surface area (Å²) in [5.74, 6) is 1.58. The number of benzene rings is 1. The third kappa shape index (κ3) is 4.11. The highest BCUT2D eigenvalue weighted by molar-refractivity contribution is 5.85. The highest BCUT2D eigenvalue weighted by Crippen LogP contribution is 2.29. The normalized spacial score (nSPS) is 18.4. The minimum absolute atomic E-state index is 0. The van der Waals surface area contributed by atoms with E-state index < -0.39 is 0 Å². The molecule has 2 aliphatic rings. The summed E-state index contributed by atoms with van der Waals surface area (Å²) in [5.41, 5.74) is 2.66. The first-order valence-corrected chi connectivity index (χ1v) is 9.47. The molecular weight excluding hydrogens is 351 g/mol. The molecule has 0 aliphatic carbocycles. The van der Waals surface area contributed by atoms with Crippen molar-refractivity contribution in [2.24, 2.45) is 0 Å². The van der Waals surface area contributed by atoms with Crippen LogP contribution in [0.3, 0.4) is 0 Å². The Balaban J connectivity index is 0.00000196. The van der Waals surface area contributed by atoms with Crippen molar-refractivity contribution in [1.82, 2.24) is 19.8 Å². The van der Waals surface area contributed by atoms with E-state index in [2.05, 4.69) is 21.0 Å². The Labute approximate surface area is 161 Å². The quantitative estimate of drug-likeness (QED) is 0.863. The number of aryl methyl sites for hydroxylation is 1. The number of hydrogen-bond acceptors (Lipinski definition) is 3. The maximum atomic E-state index is 13.6. The van der Waals surface area contributed by atoms with Gasteiger partial charge in [-0.2, -0.15) is 0 Å². The smallest absolute Gasteiger partial charge is 0.126 e. The lowest BCUT2D eigenvalue weighted by Crippen LogP contribution is -2.39. The Morgan fingerprint density at radius 3 is 2.62 bits per heavy atom. The molecule has 0 unspecified atom stereocenters. The zero-order valence-corrected chi connectivity index (χ0v) is 16.2. The summed E-state index contributed by atoms with van der Waals surface area (Å²) >= 11 is 0. The van der Waals surface area contributed by atoms with Crippen molar-refractivity contribution < 1.29 is 4.39 Å². The zero-order chi connectivity index (χ0) is 17.2. The Bertz CT molecular complexity index is 735. The van der Waals surface area contributed by atoms with Crippen molar-refractivity contribution in [2.45, 2.75) is 38.6 Å². The second kappa shape index (κ2) is 8.51. The van der Waals surface area contributed by atoms with Gasteiger partial charge in [-0.25, -0.2) is 9.37 Å². The van der Waals surface area contributed by atoms with Gasteiger partial charge in [0.25, 0.3) is 0 Å². The van der Waals surface area contributed by atoms with Crippen molar-refractivity contribution in [3.8, 4) is 11.3 Å². The molecule has 142 valence electrons. The van der Waals surface area contributed by atoms with E-state index in [1.54, 1.807) is 6.07 Å². The monoisotopic (exact) mass is 378 g/mol. The predicted molar refractivity (Wildman–Crippen MR) is 106 cm³/mol. The molecule has 0 atom stereocenters. The van der Waals surface area contributed by atoms with E-state index in [4.69, 9.17) is 4.98 Å². The lowest BCUT2D eigenvalue weighted by molar-refractivity contribution is 0.173. The molecule has 2 saturated heterocycles. The number of nitrogens with zero attached hydrogens (tertiary/aromatic N) is 3. The number of halogens is 2. The number of aromatic nitrogens is 2. The Kier molecular flexibility index (Phi) is 6.33. The van der Waals surface area contributed by atoms with Crippen LogP contribution in [0.5, 0.6) is 0 Å². The average Bonchev–Trinajstić information content (AvgIpc) is 3.01. The number of hydrogen-bond donors (Lipinski definition) is 1. The van der Waals surface area contributed by atoms with Gasteiger partial charge in [0.15, 0.2) is 0 Å². The van der Waals surface area contributed by atoms with Crippen LogP contribution in [0.1, 0.15) is 36.6 Å². The van der Waals surface area contributed by atoms with Gasteiger partial charge in [0.1, 0.15) is 11.6 Å². The van der Waals surface area contributed by atoms with Crippen molar-refractivity contribution in [3.05, 3.63) is 41.6 Å². The van der Waals surface area contributed by atoms with E-state index in [0.717, 1.165) is 50.3 Å². The molecule has 4 nitrogen and oxygen atoms in total. The van der Waals surface area contributed by atoms with Crippen LogP contribution in [0.25, 0.3) is 11.3 Å². The summed E-state index contributed by atoms with van der Waals surface area (Å²) in [6.45, 7) is 8.47. The molecule has 0 amide bonds. The maximum Gasteiger partial charge on any atom is 0.126 e. The van der Waals surface area contributed by atoms with Gasteiger partial charge in [0, 0.05) is 30.8 Å². The van der Waals surface area contributed by atoms with Crippen LogP contribution < -0.4 is 5.32 Å². The lowest BCUT2D eigenvalue weighted by atomic mass is 9.97. The van der Waals surface area contributed by atoms with Crippen LogP contribution in [-0.2, 0) is 6.54 Å². The molecular formula is C20H28ClFN4. The fourth-order valence-electron chi connectivity index (χ4n) is 3.81. The SMILES string of the molecule is Cc1cc(-c2cn(CCN3CCC3)c(C3CCNCC3)n2)ccc1F.Cl. The van der Waals surface area contributed by atoms with E-state index in [1.807, 2.05) is 19.1 Å². The molecule has 2 aromatic rings. The largest absolute Gasteiger partial charge is 0.333 e. The van der Waals surface area contributed by atoms with Crippen molar-refractivity contribution in [2.75, 3.05) is 32.7 Å². The van der Waals surface area contributed by atoms with Crippen LogP contribution in [0.4, 0.5) is 4.39 Å². The fourth-order valence-corrected chi connectivity index (χ4v) is 3.81. The Morgan fingerprint density at radius 1 is 1.19 bits per heavy atom. The molecule has 3 heterocycles. The minimum Gasteiger partial charge on any atom is -0.333 e. The third-order valence-corrected chi connectivity index (χ3v) is 5.57. The first kappa shape index (κ1) is 19.3. The molecule has 4 rings (SSSR count). The summed E-state index contributed by atoms with van der Waals surface area (Å²) < 4.78 is 16.0. The lowest BCUT2D eigenvalue weighted by Gasteiger charge is -2.31. The molecule has 0 bridgehead atoms. The zero-order valence-electron chi connectivity index (χ0n) is 15.4. The second-order valence-electron chi connectivity index (χ2n) is 7.36. The van der Waals surface area contributed by atoms with Crippen molar-refractivity contribution >= 4 is 12.4 Å². The topological polar surface area (TPSA) is 33.1 Å². The van der Waals surface area contributed by atoms with Crippen LogP contribution in [0.15, 0.2) is 24.4 Å². The first-order valence-electron chi connectivity index (χ1n) is 9.47. The maximum absolute atomic E-state index is 13.6. The Morgan fingerprint density at radius 2 is 1.96 bits per heavy atom. The Hall–Kier alpha value is -1.43. The second-order valence-corrected chi connectivity index (χ2v) is 7.36. The van der Waals surface area contributed by atoms with E-state index in [0.29, 0.717) is 11.5 Å². The number of rotatable bonds is 5. The number of piperidine rings is 1. The third-order valence-electron chi connectivity index (χ3n) is 5.57. The summed E-state index contributed by atoms with van der Waals surface area (Å²) in [6, 6.07) is 5.30. The van der Waals surface area contributed by atoms with Crippen LogP contribution in [-0.4, -0.2) is 47.2 Å². The van der Waals surface area contributed by atoms with Gasteiger partial charge in [-0.05, 0) is 76.1 Å². The highest BCUT2D eigenvalue weighted by Gasteiger charge is 2.23. The van der Waals surface area contributed by atoms with E-state index in [-0.39, 0.29) is 18.2 Å². The fraction of sp³-hybridized carbons (Fsp3) is 0.550. The molecule has 2 fully saturated rings. The number of likely N-dealkylation sites (tertiary alicyclic amines) is 1. The highest BCUT2D eigenvalue weighted by atomic mass is 35.5. The molecule has 2 aliphatic heterocycles. The minimum atomic E-state index is -0.153. The molecule has 0 saturated carbocycles. The molecule has 1 aromatic heterocycles. The van der Waals surface area contributed by atoms with Gasteiger partial charge in [-0.3, -0.25) is 0 Å². The predicted octanol–water partition coefficient (Wildman–Crippen LogP) is 3.59. The summed E-state index contributed by atoms with van der Waals surface area (Å²) in [5, 5.41) is 3.44. The van der Waals surface area contributed by atoms with Gasteiger partial charge in [0.05, 0.1) is 5.69 Å². The number of imidazole rings is 1. The standard InChI is InChI=1S/C20H27FN4.ClH/c1-15-13-17(3-4-18(15)21)19-14-25(12-11-24-9-2-10-24)20(23-19)16-5-7-22-8-6-16;/h3-4,13-14,16,22H,2,5-12H2,1H3;1H. The van der Waals surface area contributed by atoms with Crippen molar-refractivity contribution in [3.63, 3.8) is 0 Å². The summed E-state index contributed by atoms with van der Waals surface area (Å²) in [4.78, 5) is 7.48.